The molecule has 1 aromatic rings. The van der Waals surface area contributed by atoms with Gasteiger partial charge in [-0.05, 0) is 33.1 Å². The molecule has 25 heavy (non-hydrogen) atoms. The molecule has 0 saturated carbocycles. The lowest BCUT2D eigenvalue weighted by atomic mass is 9.99. The van der Waals surface area contributed by atoms with E-state index < -0.39 is 5.60 Å². The summed E-state index contributed by atoms with van der Waals surface area (Å²) in [7, 11) is 3.45. The molecule has 0 fully saturated rings. The number of hydrogen-bond acceptors (Lipinski definition) is 4. The first kappa shape index (κ1) is 19.3. The number of nitrogens with zero attached hydrogens (tertiary/aromatic N) is 4. The summed E-state index contributed by atoms with van der Waals surface area (Å²) in [6.07, 6.45) is 0.457. The van der Waals surface area contributed by atoms with Crippen molar-refractivity contribution in [1.82, 2.24) is 19.6 Å². The Balaban J connectivity index is 2.39. The lowest BCUT2D eigenvalue weighted by Gasteiger charge is -2.26. The molecule has 7 heteroatoms. The van der Waals surface area contributed by atoms with E-state index in [1.807, 2.05) is 39.3 Å². The third-order valence-electron chi connectivity index (χ3n) is 4.07. The molecule has 1 aliphatic heterocycles. The van der Waals surface area contributed by atoms with Gasteiger partial charge in [-0.1, -0.05) is 13.8 Å². The second-order valence-corrected chi connectivity index (χ2v) is 8.04. The minimum absolute atomic E-state index is 0.104. The molecule has 1 aromatic heterocycles. The van der Waals surface area contributed by atoms with Crippen molar-refractivity contribution in [1.29, 1.82) is 0 Å². The van der Waals surface area contributed by atoms with Gasteiger partial charge in [0.05, 0.1) is 12.2 Å². The standard InChI is InChI=1S/C18H30N4O3/c1-12(2)14-13-11-21(17(24)25-18(3,4)5)9-8-10-22(13)19-15(14)16(23)20(6)7/h12H,8-11H2,1-7H3. The zero-order valence-corrected chi connectivity index (χ0v) is 16.4. The molecule has 0 atom stereocenters. The molecule has 0 aliphatic carbocycles. The van der Waals surface area contributed by atoms with Crippen LogP contribution >= 0.6 is 0 Å². The highest BCUT2D eigenvalue weighted by molar-refractivity contribution is 5.94. The van der Waals surface area contributed by atoms with Crippen molar-refractivity contribution < 1.29 is 14.3 Å². The average Bonchev–Trinajstić information content (AvgIpc) is 2.69. The summed E-state index contributed by atoms with van der Waals surface area (Å²) in [5.41, 5.74) is 1.81. The average molecular weight is 350 g/mol. The molecule has 0 unspecified atom stereocenters. The summed E-state index contributed by atoms with van der Waals surface area (Å²) >= 11 is 0. The highest BCUT2D eigenvalue weighted by Crippen LogP contribution is 2.28. The number of hydrogen-bond donors (Lipinski definition) is 0. The van der Waals surface area contributed by atoms with E-state index in [4.69, 9.17) is 4.74 Å². The summed E-state index contributed by atoms with van der Waals surface area (Å²) < 4.78 is 7.41. The Morgan fingerprint density at radius 1 is 1.20 bits per heavy atom. The van der Waals surface area contributed by atoms with Crippen molar-refractivity contribution in [3.63, 3.8) is 0 Å². The fourth-order valence-electron chi connectivity index (χ4n) is 2.99. The van der Waals surface area contributed by atoms with Gasteiger partial charge in [-0.25, -0.2) is 4.79 Å². The third kappa shape index (κ3) is 4.32. The van der Waals surface area contributed by atoms with Crippen LogP contribution in [0.25, 0.3) is 0 Å². The van der Waals surface area contributed by atoms with Gasteiger partial charge >= 0.3 is 6.09 Å². The Morgan fingerprint density at radius 2 is 1.84 bits per heavy atom. The minimum atomic E-state index is -0.531. The molecule has 2 rings (SSSR count). The zero-order chi connectivity index (χ0) is 18.9. The summed E-state index contributed by atoms with van der Waals surface area (Å²) in [5, 5.41) is 4.57. The number of aromatic nitrogens is 2. The van der Waals surface area contributed by atoms with Gasteiger partial charge in [-0.15, -0.1) is 0 Å². The van der Waals surface area contributed by atoms with Crippen LogP contribution in [-0.4, -0.2) is 57.8 Å². The topological polar surface area (TPSA) is 67.7 Å². The van der Waals surface area contributed by atoms with Crippen LogP contribution < -0.4 is 0 Å². The molecular formula is C18H30N4O3. The second kappa shape index (κ2) is 7.06. The fourth-order valence-corrected chi connectivity index (χ4v) is 2.99. The van der Waals surface area contributed by atoms with E-state index in [2.05, 4.69) is 5.10 Å². The summed E-state index contributed by atoms with van der Waals surface area (Å²) in [6, 6.07) is 0. The molecule has 0 aromatic carbocycles. The van der Waals surface area contributed by atoms with Gasteiger partial charge in [-0.3, -0.25) is 9.48 Å². The lowest BCUT2D eigenvalue weighted by molar-refractivity contribution is 0.0236. The van der Waals surface area contributed by atoms with Crippen LogP contribution in [0.1, 0.15) is 68.7 Å². The van der Waals surface area contributed by atoms with E-state index in [1.165, 1.54) is 0 Å². The van der Waals surface area contributed by atoms with Gasteiger partial charge in [0.25, 0.3) is 5.91 Å². The maximum Gasteiger partial charge on any atom is 0.410 e. The first-order valence-electron chi connectivity index (χ1n) is 8.80. The van der Waals surface area contributed by atoms with Crippen molar-refractivity contribution in [2.45, 2.75) is 65.6 Å². The Labute approximate surface area is 149 Å². The number of aryl methyl sites for hydroxylation is 1. The molecule has 2 heterocycles. The van der Waals surface area contributed by atoms with Gasteiger partial charge in [0.15, 0.2) is 5.69 Å². The number of fused-ring (bicyclic) bond motifs is 1. The van der Waals surface area contributed by atoms with Gasteiger partial charge in [0, 0.05) is 32.7 Å². The quantitative estimate of drug-likeness (QED) is 0.822. The predicted octanol–water partition coefficient (Wildman–Crippen LogP) is 2.85. The Hall–Kier alpha value is -2.05. The first-order valence-corrected chi connectivity index (χ1v) is 8.80. The molecule has 2 amide bonds. The third-order valence-corrected chi connectivity index (χ3v) is 4.07. The van der Waals surface area contributed by atoms with Crippen molar-refractivity contribution in [2.24, 2.45) is 0 Å². The van der Waals surface area contributed by atoms with Crippen LogP contribution in [0.3, 0.4) is 0 Å². The highest BCUT2D eigenvalue weighted by atomic mass is 16.6. The van der Waals surface area contributed by atoms with Crippen molar-refractivity contribution in [3.8, 4) is 0 Å². The Morgan fingerprint density at radius 3 is 2.36 bits per heavy atom. The van der Waals surface area contributed by atoms with Crippen molar-refractivity contribution >= 4 is 12.0 Å². The maximum atomic E-state index is 12.5. The van der Waals surface area contributed by atoms with E-state index >= 15 is 0 Å². The summed E-state index contributed by atoms with van der Waals surface area (Å²) in [4.78, 5) is 28.3. The van der Waals surface area contributed by atoms with E-state index in [9.17, 15) is 9.59 Å². The lowest BCUT2D eigenvalue weighted by Crippen LogP contribution is -2.36. The molecule has 0 radical (unpaired) electrons. The maximum absolute atomic E-state index is 12.5. The number of amides is 2. The molecular weight excluding hydrogens is 320 g/mol. The molecule has 0 bridgehead atoms. The zero-order valence-electron chi connectivity index (χ0n) is 16.4. The van der Waals surface area contributed by atoms with Gasteiger partial charge in [-0.2, -0.15) is 5.10 Å². The highest BCUT2D eigenvalue weighted by Gasteiger charge is 2.31. The largest absolute Gasteiger partial charge is 0.444 e. The van der Waals surface area contributed by atoms with Crippen LogP contribution in [0.2, 0.25) is 0 Å². The van der Waals surface area contributed by atoms with Crippen molar-refractivity contribution in [2.75, 3.05) is 20.6 Å². The molecule has 1 aliphatic rings. The number of carbonyl (C=O) groups is 2. The Kier molecular flexibility index (Phi) is 5.44. The number of ether oxygens (including phenoxy) is 1. The normalized spacial score (nSPS) is 15.0. The Bertz CT molecular complexity index is 656. The summed E-state index contributed by atoms with van der Waals surface area (Å²) in [6.45, 7) is 11.4. The second-order valence-electron chi connectivity index (χ2n) is 8.04. The van der Waals surface area contributed by atoms with Crippen LogP contribution in [0.15, 0.2) is 0 Å². The summed E-state index contributed by atoms with van der Waals surface area (Å²) in [5.74, 6) is 0.0364. The van der Waals surface area contributed by atoms with E-state index in [0.29, 0.717) is 25.3 Å². The van der Waals surface area contributed by atoms with Crippen LogP contribution in [0.5, 0.6) is 0 Å². The van der Waals surface area contributed by atoms with Gasteiger partial charge in [0.2, 0.25) is 0 Å². The monoisotopic (exact) mass is 350 g/mol. The van der Waals surface area contributed by atoms with Gasteiger partial charge < -0.3 is 14.5 Å². The predicted molar refractivity (Wildman–Crippen MR) is 95.6 cm³/mol. The van der Waals surface area contributed by atoms with Crippen LogP contribution in [0.4, 0.5) is 4.79 Å². The minimum Gasteiger partial charge on any atom is -0.444 e. The molecule has 140 valence electrons. The van der Waals surface area contributed by atoms with Crippen molar-refractivity contribution in [3.05, 3.63) is 17.0 Å². The molecule has 0 spiro atoms. The van der Waals surface area contributed by atoms with Crippen LogP contribution in [0, 0.1) is 0 Å². The van der Waals surface area contributed by atoms with Gasteiger partial charge in [0.1, 0.15) is 5.60 Å². The fraction of sp³-hybridized carbons (Fsp3) is 0.722. The smallest absolute Gasteiger partial charge is 0.410 e. The van der Waals surface area contributed by atoms with E-state index in [1.54, 1.807) is 23.9 Å². The van der Waals surface area contributed by atoms with Crippen LogP contribution in [-0.2, 0) is 17.8 Å². The first-order chi connectivity index (χ1) is 11.5. The molecule has 0 saturated heterocycles. The van der Waals surface area contributed by atoms with E-state index in [0.717, 1.165) is 17.7 Å². The number of carbonyl (C=O) groups excluding carboxylic acids is 2. The SMILES string of the molecule is CC(C)c1c(C(=O)N(C)C)nn2c1CN(C(=O)OC(C)(C)C)CCC2. The number of rotatable bonds is 2. The molecule has 0 N–H and O–H groups in total. The van der Waals surface area contributed by atoms with E-state index in [-0.39, 0.29) is 17.9 Å². The molecule has 7 nitrogen and oxygen atoms in total.